The fraction of sp³-hybridized carbons (Fsp3) is 0.222. The average Bonchev–Trinajstić information content (AvgIpc) is 2.20. The number of halogens is 1. The number of carbonyl (C=O) groups is 1. The van der Waals surface area contributed by atoms with Crippen LogP contribution in [0.2, 0.25) is 5.15 Å². The lowest BCUT2D eigenvalue weighted by atomic mass is 10.3. The monoisotopic (exact) mass is 227 g/mol. The number of ether oxygens (including phenoxy) is 1. The first-order valence-electron chi connectivity index (χ1n) is 4.26. The molecule has 0 radical (unpaired) electrons. The summed E-state index contributed by atoms with van der Waals surface area (Å²) in [6.07, 6.45) is 3.96. The molecule has 80 valence electrons. The third-order valence-electron chi connectivity index (χ3n) is 1.46. The minimum absolute atomic E-state index is 0.208. The molecule has 1 heterocycles. The van der Waals surface area contributed by atoms with Crippen LogP contribution in [-0.2, 0) is 9.53 Å². The van der Waals surface area contributed by atoms with Crippen molar-refractivity contribution in [2.45, 2.75) is 6.92 Å². The topological polar surface area (TPSA) is 78.1 Å². The molecule has 0 unspecified atom stereocenters. The maximum atomic E-state index is 11.0. The molecular formula is C9H10ClN3O2. The summed E-state index contributed by atoms with van der Waals surface area (Å²) in [7, 11) is 0. The molecule has 0 spiro atoms. The van der Waals surface area contributed by atoms with Crippen LogP contribution in [0, 0.1) is 0 Å². The van der Waals surface area contributed by atoms with Crippen molar-refractivity contribution in [3.63, 3.8) is 0 Å². The van der Waals surface area contributed by atoms with Gasteiger partial charge in [0.25, 0.3) is 0 Å². The second-order valence-corrected chi connectivity index (χ2v) is 2.94. The van der Waals surface area contributed by atoms with Crippen LogP contribution in [0.4, 0.5) is 5.82 Å². The second-order valence-electron chi connectivity index (χ2n) is 2.55. The van der Waals surface area contributed by atoms with E-state index >= 15 is 0 Å². The van der Waals surface area contributed by atoms with E-state index in [1.54, 1.807) is 6.92 Å². The van der Waals surface area contributed by atoms with Gasteiger partial charge in [-0.3, -0.25) is 0 Å². The molecule has 1 aromatic rings. The SMILES string of the molecule is CCOC(=O)C=Cc1nc(Cl)cnc1N. The number of hydrogen-bond acceptors (Lipinski definition) is 5. The predicted octanol–water partition coefficient (Wildman–Crippen LogP) is 1.29. The van der Waals surface area contributed by atoms with Crippen molar-refractivity contribution < 1.29 is 9.53 Å². The summed E-state index contributed by atoms with van der Waals surface area (Å²) in [4.78, 5) is 18.7. The summed E-state index contributed by atoms with van der Waals surface area (Å²) in [5.41, 5.74) is 5.86. The maximum absolute atomic E-state index is 11.0. The largest absolute Gasteiger partial charge is 0.463 e. The van der Waals surface area contributed by atoms with E-state index < -0.39 is 5.97 Å². The Morgan fingerprint density at radius 2 is 2.47 bits per heavy atom. The molecule has 0 atom stereocenters. The molecule has 0 aromatic carbocycles. The quantitative estimate of drug-likeness (QED) is 0.622. The van der Waals surface area contributed by atoms with Gasteiger partial charge in [-0.1, -0.05) is 11.6 Å². The summed E-state index contributed by atoms with van der Waals surface area (Å²) >= 11 is 5.61. The molecule has 6 heteroatoms. The van der Waals surface area contributed by atoms with E-state index in [0.717, 1.165) is 0 Å². The van der Waals surface area contributed by atoms with Crippen LogP contribution in [0.15, 0.2) is 12.3 Å². The van der Waals surface area contributed by atoms with Gasteiger partial charge in [-0.2, -0.15) is 0 Å². The highest BCUT2D eigenvalue weighted by Crippen LogP contribution is 2.11. The summed E-state index contributed by atoms with van der Waals surface area (Å²) in [5, 5.41) is 0.215. The van der Waals surface area contributed by atoms with Gasteiger partial charge < -0.3 is 10.5 Å². The zero-order valence-electron chi connectivity index (χ0n) is 8.11. The fourth-order valence-electron chi connectivity index (χ4n) is 0.850. The van der Waals surface area contributed by atoms with Crippen molar-refractivity contribution in [2.24, 2.45) is 0 Å². The van der Waals surface area contributed by atoms with Gasteiger partial charge in [-0.05, 0) is 13.0 Å². The number of esters is 1. The van der Waals surface area contributed by atoms with Gasteiger partial charge in [-0.15, -0.1) is 0 Å². The highest BCUT2D eigenvalue weighted by Gasteiger charge is 2.01. The van der Waals surface area contributed by atoms with Crippen molar-refractivity contribution in [3.8, 4) is 0 Å². The highest BCUT2D eigenvalue weighted by atomic mass is 35.5. The third-order valence-corrected chi connectivity index (χ3v) is 1.65. The number of anilines is 1. The fourth-order valence-corrected chi connectivity index (χ4v) is 0.990. The van der Waals surface area contributed by atoms with Crippen LogP contribution in [-0.4, -0.2) is 22.5 Å². The zero-order valence-corrected chi connectivity index (χ0v) is 8.86. The molecule has 1 aromatic heterocycles. The Kier molecular flexibility index (Phi) is 4.05. The van der Waals surface area contributed by atoms with Crippen LogP contribution >= 0.6 is 11.6 Å². The summed E-state index contributed by atoms with van der Waals surface area (Å²) in [6.45, 7) is 2.04. The first kappa shape index (κ1) is 11.5. The van der Waals surface area contributed by atoms with Crippen LogP contribution in [0.3, 0.4) is 0 Å². The molecule has 0 fully saturated rings. The Morgan fingerprint density at radius 1 is 1.73 bits per heavy atom. The average molecular weight is 228 g/mol. The minimum atomic E-state index is -0.460. The molecule has 0 aliphatic rings. The molecule has 0 saturated carbocycles. The first-order chi connectivity index (χ1) is 7.13. The van der Waals surface area contributed by atoms with E-state index in [4.69, 9.17) is 17.3 Å². The number of carbonyl (C=O) groups excluding carboxylic acids is 1. The van der Waals surface area contributed by atoms with E-state index in [1.807, 2.05) is 0 Å². The smallest absolute Gasteiger partial charge is 0.330 e. The Balaban J connectivity index is 2.79. The Morgan fingerprint density at radius 3 is 3.13 bits per heavy atom. The molecule has 5 nitrogen and oxygen atoms in total. The second kappa shape index (κ2) is 5.31. The number of nitrogens with zero attached hydrogens (tertiary/aromatic N) is 2. The van der Waals surface area contributed by atoms with Crippen molar-refractivity contribution in [3.05, 3.63) is 23.1 Å². The number of nitrogen functional groups attached to an aromatic ring is 1. The zero-order chi connectivity index (χ0) is 11.3. The molecule has 15 heavy (non-hydrogen) atoms. The van der Waals surface area contributed by atoms with Gasteiger partial charge in [0.05, 0.1) is 12.8 Å². The number of hydrogen-bond donors (Lipinski definition) is 1. The summed E-state index contributed by atoms with van der Waals surface area (Å²) in [5.74, 6) is -0.251. The van der Waals surface area contributed by atoms with Crippen LogP contribution in [0.1, 0.15) is 12.6 Å². The number of aromatic nitrogens is 2. The molecule has 2 N–H and O–H groups in total. The normalized spacial score (nSPS) is 10.5. The van der Waals surface area contributed by atoms with Gasteiger partial charge in [-0.25, -0.2) is 14.8 Å². The van der Waals surface area contributed by atoms with Gasteiger partial charge >= 0.3 is 5.97 Å². The van der Waals surface area contributed by atoms with Crippen molar-refractivity contribution in [1.82, 2.24) is 9.97 Å². The highest BCUT2D eigenvalue weighted by molar-refractivity contribution is 6.29. The van der Waals surface area contributed by atoms with Crippen molar-refractivity contribution in [1.29, 1.82) is 0 Å². The van der Waals surface area contributed by atoms with E-state index in [-0.39, 0.29) is 11.0 Å². The number of rotatable bonds is 3. The predicted molar refractivity (Wildman–Crippen MR) is 57.1 cm³/mol. The van der Waals surface area contributed by atoms with Gasteiger partial charge in [0.2, 0.25) is 0 Å². The maximum Gasteiger partial charge on any atom is 0.330 e. The van der Waals surface area contributed by atoms with E-state index in [1.165, 1.54) is 18.3 Å². The van der Waals surface area contributed by atoms with Gasteiger partial charge in [0, 0.05) is 6.08 Å². The van der Waals surface area contributed by atoms with E-state index in [2.05, 4.69) is 14.7 Å². The van der Waals surface area contributed by atoms with E-state index in [0.29, 0.717) is 12.3 Å². The van der Waals surface area contributed by atoms with Gasteiger partial charge in [0.15, 0.2) is 0 Å². The number of nitrogens with two attached hydrogens (primary N) is 1. The molecule has 0 aliphatic carbocycles. The molecule has 0 bridgehead atoms. The van der Waals surface area contributed by atoms with Crippen LogP contribution in [0.25, 0.3) is 6.08 Å². The van der Waals surface area contributed by atoms with Crippen LogP contribution < -0.4 is 5.73 Å². The molecular weight excluding hydrogens is 218 g/mol. The molecule has 0 amide bonds. The van der Waals surface area contributed by atoms with Crippen molar-refractivity contribution in [2.75, 3.05) is 12.3 Å². The Hall–Kier alpha value is -1.62. The van der Waals surface area contributed by atoms with Crippen LogP contribution in [0.5, 0.6) is 0 Å². The molecule has 0 aliphatic heterocycles. The van der Waals surface area contributed by atoms with E-state index in [9.17, 15) is 4.79 Å². The Bertz CT molecular complexity index is 393. The minimum Gasteiger partial charge on any atom is -0.463 e. The molecule has 0 saturated heterocycles. The van der Waals surface area contributed by atoms with Crippen molar-refractivity contribution >= 4 is 29.5 Å². The summed E-state index contributed by atoms with van der Waals surface area (Å²) < 4.78 is 4.69. The molecule has 1 rings (SSSR count). The third kappa shape index (κ3) is 3.55. The lowest BCUT2D eigenvalue weighted by Crippen LogP contribution is -2.00. The standard InChI is InChI=1S/C9H10ClN3O2/c1-2-15-8(14)4-3-6-9(11)12-5-7(10)13-6/h3-5H,2H2,1H3,(H2,11,12). The lowest BCUT2D eigenvalue weighted by Gasteiger charge is -1.98. The van der Waals surface area contributed by atoms with Gasteiger partial charge in [0.1, 0.15) is 16.7 Å². The summed E-state index contributed by atoms with van der Waals surface area (Å²) in [6, 6.07) is 0. The Labute approximate surface area is 91.9 Å². The first-order valence-corrected chi connectivity index (χ1v) is 4.64. The lowest BCUT2D eigenvalue weighted by molar-refractivity contribution is -0.137.